The van der Waals surface area contributed by atoms with Crippen molar-refractivity contribution in [1.29, 1.82) is 0 Å². The van der Waals surface area contributed by atoms with Crippen molar-refractivity contribution in [2.45, 2.75) is 57.9 Å². The molecule has 0 fully saturated rings. The largest absolute Gasteiger partial charge is 0.392 e. The minimum atomic E-state index is -1.75. The zero-order valence-corrected chi connectivity index (χ0v) is 12.2. The normalized spacial score (nSPS) is 27.1. The molecule has 0 radical (unpaired) electrons. The summed E-state index contributed by atoms with van der Waals surface area (Å²) in [7, 11) is -0.107. The van der Waals surface area contributed by atoms with Crippen molar-refractivity contribution in [1.82, 2.24) is 0 Å². The molecule has 1 aliphatic heterocycles. The fraction of sp³-hybridized carbons (Fsp3) is 0.833. The number of hydrogen-bond acceptors (Lipinski definition) is 3. The third-order valence-corrected chi connectivity index (χ3v) is 7.84. The fourth-order valence-electron chi connectivity index (χ4n) is 1.27. The molecule has 94 valence electrons. The molecule has 0 aromatic heterocycles. The molecule has 0 N–H and O–H groups in total. The molecule has 0 aliphatic carbocycles. The highest BCUT2D eigenvalue weighted by Crippen LogP contribution is 2.38. The summed E-state index contributed by atoms with van der Waals surface area (Å²) >= 11 is 0. The summed E-state index contributed by atoms with van der Waals surface area (Å²) in [4.78, 5) is 0. The maximum Gasteiger partial charge on any atom is 0.195 e. The Hall–Kier alpha value is -0.163. The molecule has 1 heterocycles. The van der Waals surface area contributed by atoms with Gasteiger partial charge in [-0.1, -0.05) is 26.8 Å². The molecule has 0 spiro atoms. The monoisotopic (exact) mass is 244 g/mol. The van der Waals surface area contributed by atoms with Crippen LogP contribution in [0.2, 0.25) is 18.1 Å². The quantitative estimate of drug-likeness (QED) is 0.563. The van der Waals surface area contributed by atoms with E-state index in [9.17, 15) is 0 Å². The van der Waals surface area contributed by atoms with Gasteiger partial charge in [-0.3, -0.25) is 0 Å². The maximum atomic E-state index is 6.16. The van der Waals surface area contributed by atoms with Crippen molar-refractivity contribution in [3.8, 4) is 0 Å². The molecule has 0 saturated carbocycles. The van der Waals surface area contributed by atoms with E-state index >= 15 is 0 Å². The van der Waals surface area contributed by atoms with E-state index < -0.39 is 8.32 Å². The molecule has 0 bridgehead atoms. The van der Waals surface area contributed by atoms with Gasteiger partial charge in [-0.15, -0.1) is 0 Å². The molecule has 0 amide bonds. The molecule has 0 aromatic rings. The minimum Gasteiger partial charge on any atom is -0.392 e. The van der Waals surface area contributed by atoms with E-state index in [0.29, 0.717) is 0 Å². The van der Waals surface area contributed by atoms with Crippen LogP contribution in [-0.2, 0) is 13.9 Å². The van der Waals surface area contributed by atoms with Crippen LogP contribution in [0.4, 0.5) is 0 Å². The van der Waals surface area contributed by atoms with Crippen molar-refractivity contribution in [3.05, 3.63) is 12.2 Å². The molecule has 0 aromatic carbocycles. The lowest BCUT2D eigenvalue weighted by Crippen LogP contribution is -2.45. The SMILES string of the molecule is CO[C@@H]1C=CC[C@H](O[Si](C)(C)C(C)(C)C)O1. The first-order valence-electron chi connectivity index (χ1n) is 5.79. The Kier molecular flexibility index (Phi) is 4.34. The second-order valence-corrected chi connectivity index (χ2v) is 10.5. The van der Waals surface area contributed by atoms with Crippen molar-refractivity contribution >= 4 is 8.32 Å². The van der Waals surface area contributed by atoms with Crippen molar-refractivity contribution < 1.29 is 13.9 Å². The van der Waals surface area contributed by atoms with Gasteiger partial charge in [0.2, 0.25) is 0 Å². The van der Waals surface area contributed by atoms with Gasteiger partial charge < -0.3 is 13.9 Å². The summed E-state index contributed by atoms with van der Waals surface area (Å²) < 4.78 is 17.0. The van der Waals surface area contributed by atoms with E-state index in [2.05, 4.69) is 39.9 Å². The van der Waals surface area contributed by atoms with Gasteiger partial charge in [0, 0.05) is 13.5 Å². The van der Waals surface area contributed by atoms with E-state index in [0.717, 1.165) is 6.42 Å². The van der Waals surface area contributed by atoms with E-state index in [1.54, 1.807) is 7.11 Å². The van der Waals surface area contributed by atoms with Crippen LogP contribution < -0.4 is 0 Å². The zero-order chi connectivity index (χ0) is 12.4. The predicted molar refractivity (Wildman–Crippen MR) is 67.7 cm³/mol. The Morgan fingerprint density at radius 1 is 1.31 bits per heavy atom. The summed E-state index contributed by atoms with van der Waals surface area (Å²) in [5, 5.41) is 0.208. The lowest BCUT2D eigenvalue weighted by molar-refractivity contribution is -0.195. The molecular formula is C12H24O3Si. The third-order valence-electron chi connectivity index (χ3n) is 3.37. The van der Waals surface area contributed by atoms with Crippen LogP contribution in [0, 0.1) is 0 Å². The summed E-state index contributed by atoms with van der Waals surface area (Å²) in [5.74, 6) is 0. The second-order valence-electron chi connectivity index (χ2n) is 5.71. The highest BCUT2D eigenvalue weighted by atomic mass is 28.4. The highest BCUT2D eigenvalue weighted by molar-refractivity contribution is 6.74. The second kappa shape index (κ2) is 5.00. The minimum absolute atomic E-state index is 0.157. The Morgan fingerprint density at radius 2 is 1.94 bits per heavy atom. The summed E-state index contributed by atoms with van der Waals surface area (Å²) in [6.45, 7) is 11.1. The van der Waals surface area contributed by atoms with Gasteiger partial charge in [-0.2, -0.15) is 0 Å². The van der Waals surface area contributed by atoms with Gasteiger partial charge >= 0.3 is 0 Å². The molecule has 1 aliphatic rings. The van der Waals surface area contributed by atoms with E-state index in [1.807, 2.05) is 6.08 Å². The van der Waals surface area contributed by atoms with Gasteiger partial charge in [-0.25, -0.2) is 0 Å². The lowest BCUT2D eigenvalue weighted by Gasteiger charge is -2.40. The summed E-state index contributed by atoms with van der Waals surface area (Å²) in [6, 6.07) is 0. The molecule has 4 heteroatoms. The average molecular weight is 244 g/mol. The van der Waals surface area contributed by atoms with Crippen LogP contribution in [0.15, 0.2) is 12.2 Å². The zero-order valence-electron chi connectivity index (χ0n) is 11.2. The Morgan fingerprint density at radius 3 is 2.44 bits per heavy atom. The fourth-order valence-corrected chi connectivity index (χ4v) is 2.43. The van der Waals surface area contributed by atoms with Gasteiger partial charge in [0.25, 0.3) is 0 Å². The number of methoxy groups -OCH3 is 1. The molecule has 3 nitrogen and oxygen atoms in total. The Labute approximate surface area is 99.9 Å². The molecule has 0 unspecified atom stereocenters. The van der Waals surface area contributed by atoms with Crippen molar-refractivity contribution in [3.63, 3.8) is 0 Å². The van der Waals surface area contributed by atoms with Crippen LogP contribution in [0.1, 0.15) is 27.2 Å². The topological polar surface area (TPSA) is 27.7 Å². The number of hydrogen-bond donors (Lipinski definition) is 0. The van der Waals surface area contributed by atoms with Crippen LogP contribution in [0.3, 0.4) is 0 Å². The van der Waals surface area contributed by atoms with E-state index in [1.165, 1.54) is 0 Å². The predicted octanol–water partition coefficient (Wildman–Crippen LogP) is 3.28. The highest BCUT2D eigenvalue weighted by Gasteiger charge is 2.40. The Bertz CT molecular complexity index is 255. The number of ether oxygens (including phenoxy) is 2. The Balaban J connectivity index is 2.59. The average Bonchev–Trinajstić information content (AvgIpc) is 2.15. The van der Waals surface area contributed by atoms with Crippen LogP contribution >= 0.6 is 0 Å². The number of rotatable bonds is 3. The smallest absolute Gasteiger partial charge is 0.195 e. The van der Waals surface area contributed by atoms with Gasteiger partial charge in [0.05, 0.1) is 0 Å². The first-order chi connectivity index (χ1) is 7.26. The van der Waals surface area contributed by atoms with Crippen LogP contribution in [0.25, 0.3) is 0 Å². The van der Waals surface area contributed by atoms with Gasteiger partial charge in [0.1, 0.15) is 0 Å². The lowest BCUT2D eigenvalue weighted by atomic mass is 10.2. The van der Waals surface area contributed by atoms with E-state index in [-0.39, 0.29) is 17.6 Å². The molecule has 0 saturated heterocycles. The van der Waals surface area contributed by atoms with E-state index in [4.69, 9.17) is 13.9 Å². The van der Waals surface area contributed by atoms with Crippen LogP contribution in [0.5, 0.6) is 0 Å². The maximum absolute atomic E-state index is 6.16. The molecule has 16 heavy (non-hydrogen) atoms. The third kappa shape index (κ3) is 3.42. The first kappa shape index (κ1) is 13.9. The van der Waals surface area contributed by atoms with Crippen molar-refractivity contribution in [2.24, 2.45) is 0 Å². The molecular weight excluding hydrogens is 220 g/mol. The molecule has 1 rings (SSSR count). The molecule has 2 atom stereocenters. The van der Waals surface area contributed by atoms with Gasteiger partial charge in [0.15, 0.2) is 20.9 Å². The standard InChI is InChI=1S/C12H24O3Si/c1-12(2,3)16(5,6)15-11-9-7-8-10(13-4)14-11/h7-8,10-11H,9H2,1-6H3/t10-,11-/m0/s1. The first-order valence-corrected chi connectivity index (χ1v) is 8.70. The van der Waals surface area contributed by atoms with Gasteiger partial charge in [-0.05, 0) is 24.2 Å². The summed E-state index contributed by atoms with van der Waals surface area (Å²) in [5.41, 5.74) is 0. The van der Waals surface area contributed by atoms with Crippen LogP contribution in [-0.4, -0.2) is 28.0 Å². The summed E-state index contributed by atoms with van der Waals surface area (Å²) in [6.07, 6.45) is 4.38. The van der Waals surface area contributed by atoms with Crippen molar-refractivity contribution in [2.75, 3.05) is 7.11 Å².